The number of carbonyl (C=O) groups is 1. The summed E-state index contributed by atoms with van der Waals surface area (Å²) in [5.41, 5.74) is 0.908. The SMILES string of the molecule is COc1ccc(NC(=O)CCCN(c2ccc(OC)c(Cl)c2)S(C)(=O)=O)c(OC)c1. The van der Waals surface area contributed by atoms with Crippen LogP contribution in [-0.2, 0) is 14.8 Å². The first-order valence-corrected chi connectivity index (χ1v) is 11.3. The molecule has 2 aromatic rings. The fraction of sp³-hybridized carbons (Fsp3) is 0.350. The molecule has 0 saturated carbocycles. The van der Waals surface area contributed by atoms with Crippen LogP contribution in [0.1, 0.15) is 12.8 Å². The summed E-state index contributed by atoms with van der Waals surface area (Å²) in [6.45, 7) is 0.120. The molecule has 0 unspecified atom stereocenters. The average Bonchev–Trinajstić information content (AvgIpc) is 2.70. The maximum Gasteiger partial charge on any atom is 0.232 e. The molecule has 0 heterocycles. The van der Waals surface area contributed by atoms with Gasteiger partial charge in [0, 0.05) is 19.0 Å². The Morgan fingerprint density at radius 3 is 2.30 bits per heavy atom. The lowest BCUT2D eigenvalue weighted by atomic mass is 10.2. The van der Waals surface area contributed by atoms with Gasteiger partial charge in [0.2, 0.25) is 15.9 Å². The Morgan fingerprint density at radius 2 is 1.73 bits per heavy atom. The van der Waals surface area contributed by atoms with E-state index >= 15 is 0 Å². The smallest absolute Gasteiger partial charge is 0.232 e. The highest BCUT2D eigenvalue weighted by Gasteiger charge is 2.19. The van der Waals surface area contributed by atoms with Crippen LogP contribution in [-0.4, -0.2) is 48.5 Å². The number of sulfonamides is 1. The summed E-state index contributed by atoms with van der Waals surface area (Å²) in [7, 11) is 0.949. The molecule has 10 heteroatoms. The number of hydrogen-bond acceptors (Lipinski definition) is 6. The van der Waals surface area contributed by atoms with Crippen LogP contribution >= 0.6 is 11.6 Å². The lowest BCUT2D eigenvalue weighted by Crippen LogP contribution is -2.31. The van der Waals surface area contributed by atoms with Gasteiger partial charge in [0.25, 0.3) is 0 Å². The number of ether oxygens (including phenoxy) is 3. The molecule has 0 aliphatic heterocycles. The third-order valence-corrected chi connectivity index (χ3v) is 5.76. The summed E-state index contributed by atoms with van der Waals surface area (Å²) in [6, 6.07) is 9.76. The van der Waals surface area contributed by atoms with Crippen LogP contribution in [0, 0.1) is 0 Å². The van der Waals surface area contributed by atoms with Crippen molar-refractivity contribution in [3.05, 3.63) is 41.4 Å². The Morgan fingerprint density at radius 1 is 1.03 bits per heavy atom. The summed E-state index contributed by atoms with van der Waals surface area (Å²) in [4.78, 5) is 12.3. The minimum atomic E-state index is -3.56. The van der Waals surface area contributed by atoms with E-state index in [1.54, 1.807) is 30.3 Å². The normalized spacial score (nSPS) is 11.0. The molecule has 0 atom stereocenters. The van der Waals surface area contributed by atoms with E-state index in [0.717, 1.165) is 6.26 Å². The van der Waals surface area contributed by atoms with Gasteiger partial charge in [0.1, 0.15) is 17.2 Å². The van der Waals surface area contributed by atoms with E-state index in [9.17, 15) is 13.2 Å². The van der Waals surface area contributed by atoms with Gasteiger partial charge in [-0.1, -0.05) is 11.6 Å². The van der Waals surface area contributed by atoms with E-state index in [-0.39, 0.29) is 18.9 Å². The molecular weight excluding hydrogens is 432 g/mol. The van der Waals surface area contributed by atoms with Crippen molar-refractivity contribution in [3.63, 3.8) is 0 Å². The van der Waals surface area contributed by atoms with Crippen molar-refractivity contribution >= 4 is 38.9 Å². The van der Waals surface area contributed by atoms with Gasteiger partial charge in [-0.25, -0.2) is 8.42 Å². The Labute approximate surface area is 181 Å². The maximum absolute atomic E-state index is 12.3. The molecule has 1 N–H and O–H groups in total. The van der Waals surface area contributed by atoms with Gasteiger partial charge < -0.3 is 19.5 Å². The van der Waals surface area contributed by atoms with Crippen molar-refractivity contribution in [2.75, 3.05) is 43.8 Å². The van der Waals surface area contributed by atoms with Crippen LogP contribution in [0.4, 0.5) is 11.4 Å². The zero-order chi connectivity index (χ0) is 22.3. The summed E-state index contributed by atoms with van der Waals surface area (Å²) in [5, 5.41) is 3.06. The van der Waals surface area contributed by atoms with Gasteiger partial charge in [-0.3, -0.25) is 9.10 Å². The van der Waals surface area contributed by atoms with E-state index in [0.29, 0.717) is 40.1 Å². The highest BCUT2D eigenvalue weighted by atomic mass is 35.5. The Hall–Kier alpha value is -2.65. The van der Waals surface area contributed by atoms with Gasteiger partial charge in [0.15, 0.2) is 0 Å². The van der Waals surface area contributed by atoms with E-state index in [4.69, 9.17) is 25.8 Å². The first-order chi connectivity index (χ1) is 14.2. The second kappa shape index (κ2) is 10.4. The monoisotopic (exact) mass is 456 g/mol. The number of benzene rings is 2. The van der Waals surface area contributed by atoms with E-state index in [1.165, 1.54) is 31.7 Å². The number of rotatable bonds is 10. The molecule has 30 heavy (non-hydrogen) atoms. The summed E-state index contributed by atoms with van der Waals surface area (Å²) in [5.74, 6) is 1.25. The van der Waals surface area contributed by atoms with Gasteiger partial charge in [0.05, 0.1) is 44.0 Å². The number of nitrogens with one attached hydrogen (secondary N) is 1. The van der Waals surface area contributed by atoms with Crippen LogP contribution in [0.3, 0.4) is 0 Å². The molecule has 0 saturated heterocycles. The molecule has 2 rings (SSSR count). The maximum atomic E-state index is 12.3. The van der Waals surface area contributed by atoms with Crippen molar-refractivity contribution < 1.29 is 27.4 Å². The second-order valence-corrected chi connectivity index (χ2v) is 8.69. The molecule has 1 amide bonds. The van der Waals surface area contributed by atoms with E-state index < -0.39 is 10.0 Å². The third-order valence-electron chi connectivity index (χ3n) is 4.27. The molecule has 0 bridgehead atoms. The number of nitrogens with zero attached hydrogens (tertiary/aromatic N) is 1. The summed E-state index contributed by atoms with van der Waals surface area (Å²) < 4.78 is 41.2. The van der Waals surface area contributed by atoms with E-state index in [2.05, 4.69) is 5.32 Å². The Bertz CT molecular complexity index is 997. The number of halogens is 1. The molecule has 0 aliphatic carbocycles. The zero-order valence-corrected chi connectivity index (χ0v) is 18.8. The molecule has 8 nitrogen and oxygen atoms in total. The van der Waals surface area contributed by atoms with Crippen LogP contribution in [0.25, 0.3) is 0 Å². The molecule has 0 fully saturated rings. The van der Waals surface area contributed by atoms with Gasteiger partial charge in [-0.15, -0.1) is 0 Å². The van der Waals surface area contributed by atoms with Crippen LogP contribution in [0.5, 0.6) is 17.2 Å². The zero-order valence-electron chi connectivity index (χ0n) is 17.3. The fourth-order valence-corrected chi connectivity index (χ4v) is 4.00. The lowest BCUT2D eigenvalue weighted by Gasteiger charge is -2.23. The molecule has 164 valence electrons. The second-order valence-electron chi connectivity index (χ2n) is 6.37. The Kier molecular flexibility index (Phi) is 8.19. The van der Waals surface area contributed by atoms with E-state index in [1.807, 2.05) is 0 Å². The minimum absolute atomic E-state index is 0.116. The summed E-state index contributed by atoms with van der Waals surface area (Å²) in [6.07, 6.45) is 1.53. The van der Waals surface area contributed by atoms with Crippen molar-refractivity contribution in [1.29, 1.82) is 0 Å². The van der Waals surface area contributed by atoms with Crippen molar-refractivity contribution in [3.8, 4) is 17.2 Å². The molecule has 0 radical (unpaired) electrons. The fourth-order valence-electron chi connectivity index (χ4n) is 2.79. The van der Waals surface area contributed by atoms with Crippen LogP contribution in [0.2, 0.25) is 5.02 Å². The van der Waals surface area contributed by atoms with Gasteiger partial charge in [-0.05, 0) is 36.8 Å². The lowest BCUT2D eigenvalue weighted by molar-refractivity contribution is -0.116. The molecule has 0 aliphatic rings. The molecule has 2 aromatic carbocycles. The van der Waals surface area contributed by atoms with Crippen molar-refractivity contribution in [2.24, 2.45) is 0 Å². The third kappa shape index (κ3) is 6.17. The van der Waals surface area contributed by atoms with Crippen molar-refractivity contribution in [2.45, 2.75) is 12.8 Å². The average molecular weight is 457 g/mol. The van der Waals surface area contributed by atoms with Crippen LogP contribution in [0.15, 0.2) is 36.4 Å². The standard InChI is InChI=1S/C20H25ClN2O6S/c1-27-15-8-9-17(19(13-15)29-3)22-20(24)6-5-11-23(30(4,25)26)14-7-10-18(28-2)16(21)12-14/h7-10,12-13H,5-6,11H2,1-4H3,(H,22,24). The molecule has 0 aromatic heterocycles. The number of anilines is 2. The predicted molar refractivity (Wildman–Crippen MR) is 118 cm³/mol. The molecule has 0 spiro atoms. The topological polar surface area (TPSA) is 94.2 Å². The van der Waals surface area contributed by atoms with Crippen molar-refractivity contribution in [1.82, 2.24) is 0 Å². The minimum Gasteiger partial charge on any atom is -0.497 e. The largest absolute Gasteiger partial charge is 0.497 e. The number of carbonyl (C=O) groups excluding carboxylic acids is 1. The first kappa shape index (κ1) is 23.6. The predicted octanol–water partition coefficient (Wildman–Crippen LogP) is 3.55. The number of amides is 1. The number of hydrogen-bond donors (Lipinski definition) is 1. The molecular formula is C20H25ClN2O6S. The summed E-state index contributed by atoms with van der Waals surface area (Å²) >= 11 is 6.12. The first-order valence-electron chi connectivity index (χ1n) is 9.02. The highest BCUT2D eigenvalue weighted by Crippen LogP contribution is 2.31. The number of methoxy groups -OCH3 is 3. The van der Waals surface area contributed by atoms with Gasteiger partial charge >= 0.3 is 0 Å². The van der Waals surface area contributed by atoms with Crippen LogP contribution < -0.4 is 23.8 Å². The quantitative estimate of drug-likeness (QED) is 0.587. The Balaban J connectivity index is 2.03. The van der Waals surface area contributed by atoms with Gasteiger partial charge in [-0.2, -0.15) is 0 Å². The highest BCUT2D eigenvalue weighted by molar-refractivity contribution is 7.92.